The first kappa shape index (κ1) is 42.2. The number of H-pyrrole nitrogens is 1. The fraction of sp³-hybridized carbons (Fsp3) is 0.441. The van der Waals surface area contributed by atoms with Crippen molar-refractivity contribution in [3.05, 3.63) is 97.8 Å². The molecular weight excluding hydrogens is 724 g/mol. The van der Waals surface area contributed by atoms with Crippen LogP contribution in [-0.2, 0) is 33.2 Å². The number of ketones is 1. The molecule has 1 fully saturated rings. The molecule has 288 valence electrons. The standard InChI is InChI=1S/C19H22NO7P.C15H19FN2O7/c1-14(2)25-19(21)15(3)13-28(24,26-17-7-5-4-6-8-17)27-18-11-9-16(10-12-18)20(22)23;1-8(20)3-4-11(22)25-12-9(7-19)24-13(15(12,2)16)18-6-5-10(21)17-14(18)23/h4-12,14-15H,13H2,1-3H3;5-6,9,12-13,19H,3-4,7H2,1-2H3,(H,17,21,23)/t15-,28+;9?,12-,13?,15-/m01/s1. The summed E-state index contributed by atoms with van der Waals surface area (Å²) in [6.45, 7) is 6.73. The maximum atomic E-state index is 15.3. The Labute approximate surface area is 302 Å². The number of ether oxygens (including phenoxy) is 3. The number of non-ortho nitro benzene ring substituents is 1. The van der Waals surface area contributed by atoms with Crippen LogP contribution in [0.15, 0.2) is 76.4 Å². The van der Waals surface area contributed by atoms with E-state index in [9.17, 15) is 43.8 Å². The van der Waals surface area contributed by atoms with Crippen LogP contribution in [0.5, 0.6) is 11.5 Å². The first-order chi connectivity index (χ1) is 24.8. The van der Waals surface area contributed by atoms with E-state index < -0.39 is 72.3 Å². The number of alkyl halides is 1. The summed E-state index contributed by atoms with van der Waals surface area (Å²) in [7, 11) is -3.83. The molecule has 1 saturated heterocycles. The van der Waals surface area contributed by atoms with Gasteiger partial charge in [-0.3, -0.25) is 34.0 Å². The molecule has 2 aromatic carbocycles. The molecule has 0 aliphatic carbocycles. The minimum absolute atomic E-state index is 0.0536. The number of esters is 2. The van der Waals surface area contributed by atoms with Gasteiger partial charge in [0.15, 0.2) is 18.0 Å². The summed E-state index contributed by atoms with van der Waals surface area (Å²) >= 11 is 0. The van der Waals surface area contributed by atoms with Crippen LogP contribution in [0.3, 0.4) is 0 Å². The van der Waals surface area contributed by atoms with Crippen molar-refractivity contribution in [1.29, 1.82) is 0 Å². The highest BCUT2D eigenvalue weighted by molar-refractivity contribution is 7.54. The van der Waals surface area contributed by atoms with Gasteiger partial charge in [-0.1, -0.05) is 25.1 Å². The number of carbonyl (C=O) groups is 3. The van der Waals surface area contributed by atoms with E-state index in [4.69, 9.17) is 23.3 Å². The maximum Gasteiger partial charge on any atom is 0.431 e. The number of carbonyl (C=O) groups excluding carboxylic acids is 3. The Morgan fingerprint density at radius 2 is 1.64 bits per heavy atom. The molecule has 53 heavy (non-hydrogen) atoms. The van der Waals surface area contributed by atoms with Crippen LogP contribution in [-0.4, -0.2) is 74.1 Å². The van der Waals surface area contributed by atoms with Crippen molar-refractivity contribution in [2.45, 2.75) is 77.7 Å². The molecule has 1 aliphatic heterocycles. The van der Waals surface area contributed by atoms with E-state index in [2.05, 4.69) is 0 Å². The number of aromatic amines is 1. The second kappa shape index (κ2) is 18.5. The maximum absolute atomic E-state index is 15.3. The van der Waals surface area contributed by atoms with Crippen LogP contribution >= 0.6 is 7.60 Å². The topological polar surface area (TPSA) is 233 Å². The number of nitrogens with one attached hydrogen (secondary N) is 1. The molecule has 19 heteroatoms. The smallest absolute Gasteiger partial charge is 0.431 e. The third kappa shape index (κ3) is 12.2. The van der Waals surface area contributed by atoms with Gasteiger partial charge in [0.1, 0.15) is 23.4 Å². The van der Waals surface area contributed by atoms with Crippen LogP contribution in [0, 0.1) is 16.0 Å². The van der Waals surface area contributed by atoms with Gasteiger partial charge in [-0.25, -0.2) is 13.8 Å². The number of nitro groups is 1. The zero-order chi connectivity index (χ0) is 39.5. The molecule has 1 aromatic heterocycles. The van der Waals surface area contributed by atoms with Crippen LogP contribution < -0.4 is 20.3 Å². The number of aliphatic hydroxyl groups excluding tert-OH is 1. The van der Waals surface area contributed by atoms with Gasteiger partial charge < -0.3 is 33.2 Å². The summed E-state index contributed by atoms with van der Waals surface area (Å²) in [5.41, 5.74) is -4.05. The second-order valence-electron chi connectivity index (χ2n) is 12.4. The molecule has 0 saturated carbocycles. The second-order valence-corrected chi connectivity index (χ2v) is 14.4. The van der Waals surface area contributed by atoms with E-state index in [0.717, 1.165) is 23.8 Å². The molecule has 3 aromatic rings. The van der Waals surface area contributed by atoms with Crippen molar-refractivity contribution in [2.24, 2.45) is 5.92 Å². The molecule has 0 amide bonds. The summed E-state index contributed by atoms with van der Waals surface area (Å²) in [5.74, 6) is -1.85. The highest BCUT2D eigenvalue weighted by Gasteiger charge is 2.58. The SMILES string of the molecule is CC(=O)CCC(=O)O[C@@H]1C(CO)OC(n2ccc(=O)[nH]c2=O)[C@]1(C)F.CC(C)OC(=O)[C@@H](C)C[P@@](=O)(Oc1ccccc1)Oc1ccc([N+](=O)[O-])cc1. The fourth-order valence-electron chi connectivity index (χ4n) is 4.91. The van der Waals surface area contributed by atoms with E-state index in [-0.39, 0.29) is 42.3 Å². The van der Waals surface area contributed by atoms with Crippen molar-refractivity contribution >= 4 is 31.0 Å². The van der Waals surface area contributed by atoms with Crippen LogP contribution in [0.1, 0.15) is 53.7 Å². The molecule has 1 aliphatic rings. The Kier molecular flexibility index (Phi) is 14.8. The van der Waals surface area contributed by atoms with Gasteiger partial charge in [0.05, 0.1) is 36.1 Å². The minimum atomic E-state index is -3.83. The summed E-state index contributed by atoms with van der Waals surface area (Å²) in [5, 5.41) is 20.2. The molecule has 6 atom stereocenters. The molecule has 0 bridgehead atoms. The number of nitro benzene ring substituents is 1. The molecule has 4 rings (SSSR count). The molecular formula is C34H41FN3O14P. The van der Waals surface area contributed by atoms with Crippen molar-refractivity contribution in [3.8, 4) is 11.5 Å². The third-order valence-electron chi connectivity index (χ3n) is 7.44. The molecule has 2 heterocycles. The number of Topliss-reactive ketones (excluding diaryl/α,β-unsaturated/α-hetero) is 1. The van der Waals surface area contributed by atoms with E-state index >= 15 is 4.39 Å². The van der Waals surface area contributed by atoms with Crippen LogP contribution in [0.4, 0.5) is 10.1 Å². The quantitative estimate of drug-likeness (QED) is 0.0953. The van der Waals surface area contributed by atoms with E-state index in [1.165, 1.54) is 31.2 Å². The Morgan fingerprint density at radius 3 is 2.17 bits per heavy atom. The summed E-state index contributed by atoms with van der Waals surface area (Å²) in [6, 6.07) is 14.6. The van der Waals surface area contributed by atoms with Crippen molar-refractivity contribution in [3.63, 3.8) is 0 Å². The highest BCUT2D eigenvalue weighted by atomic mass is 31.2. The van der Waals surface area contributed by atoms with Gasteiger partial charge in [-0.15, -0.1) is 0 Å². The molecule has 17 nitrogen and oxygen atoms in total. The normalized spacial score (nSPS) is 20.9. The van der Waals surface area contributed by atoms with E-state index in [1.807, 2.05) is 4.98 Å². The van der Waals surface area contributed by atoms with Crippen molar-refractivity contribution in [2.75, 3.05) is 12.8 Å². The lowest BCUT2D eigenvalue weighted by Gasteiger charge is -2.27. The molecule has 2 N–H and O–H groups in total. The van der Waals surface area contributed by atoms with Crippen molar-refractivity contribution < 1.29 is 56.6 Å². The number of aliphatic hydroxyl groups is 1. The predicted octanol–water partition coefficient (Wildman–Crippen LogP) is 4.27. The number of hydrogen-bond donors (Lipinski definition) is 2. The molecule has 0 spiro atoms. The Balaban J connectivity index is 0.000000287. The minimum Gasteiger partial charge on any atom is -0.463 e. The first-order valence-corrected chi connectivity index (χ1v) is 18.0. The van der Waals surface area contributed by atoms with Gasteiger partial charge in [0, 0.05) is 30.8 Å². The van der Waals surface area contributed by atoms with Gasteiger partial charge >= 0.3 is 25.2 Å². The van der Waals surface area contributed by atoms with Gasteiger partial charge in [-0.2, -0.15) is 0 Å². The Hall–Kier alpha value is -5.19. The molecule has 2 unspecified atom stereocenters. The summed E-state index contributed by atoms with van der Waals surface area (Å²) in [6.07, 6.45) is -3.96. The zero-order valence-electron chi connectivity index (χ0n) is 29.5. The third-order valence-corrected chi connectivity index (χ3v) is 9.41. The fourth-order valence-corrected chi connectivity index (χ4v) is 6.81. The average Bonchev–Trinajstić information content (AvgIpc) is 3.32. The van der Waals surface area contributed by atoms with Crippen LogP contribution in [0.25, 0.3) is 0 Å². The first-order valence-electron chi connectivity index (χ1n) is 16.3. The monoisotopic (exact) mass is 765 g/mol. The number of hydrogen-bond acceptors (Lipinski definition) is 14. The summed E-state index contributed by atoms with van der Waals surface area (Å²) in [4.78, 5) is 70.1. The van der Waals surface area contributed by atoms with Gasteiger partial charge in [0.2, 0.25) is 0 Å². The lowest BCUT2D eigenvalue weighted by Crippen LogP contribution is -2.46. The number of aromatic nitrogens is 2. The number of rotatable bonds is 15. The molecule has 0 radical (unpaired) electrons. The van der Waals surface area contributed by atoms with Gasteiger partial charge in [0.25, 0.3) is 11.2 Å². The number of nitrogens with zero attached hydrogens (tertiary/aromatic N) is 2. The lowest BCUT2D eigenvalue weighted by atomic mass is 9.98. The van der Waals surface area contributed by atoms with Crippen molar-refractivity contribution in [1.82, 2.24) is 9.55 Å². The Bertz CT molecular complexity index is 1900. The average molecular weight is 766 g/mol. The lowest BCUT2D eigenvalue weighted by molar-refractivity contribution is -0.384. The zero-order valence-corrected chi connectivity index (χ0v) is 30.4. The summed E-state index contributed by atoms with van der Waals surface area (Å²) < 4.78 is 56.2. The van der Waals surface area contributed by atoms with Gasteiger partial charge in [-0.05, 0) is 52.0 Å². The van der Waals surface area contributed by atoms with Crippen LogP contribution in [0.2, 0.25) is 0 Å². The van der Waals surface area contributed by atoms with E-state index in [0.29, 0.717) is 5.75 Å². The number of halogens is 1. The largest absolute Gasteiger partial charge is 0.463 e. The number of benzene rings is 2. The van der Waals surface area contributed by atoms with E-state index in [1.54, 1.807) is 51.1 Å². The Morgan fingerprint density at radius 1 is 1.04 bits per heavy atom. The highest BCUT2D eigenvalue weighted by Crippen LogP contribution is 2.50. The predicted molar refractivity (Wildman–Crippen MR) is 185 cm³/mol. The number of para-hydroxylation sites is 1.